The van der Waals surface area contributed by atoms with E-state index in [1.165, 1.54) is 0 Å². The molecule has 1 heterocycles. The fourth-order valence-electron chi connectivity index (χ4n) is 0.914. The lowest BCUT2D eigenvalue weighted by atomic mass is 10.4. The summed E-state index contributed by atoms with van der Waals surface area (Å²) in [6.45, 7) is 1.38. The first-order valence-electron chi connectivity index (χ1n) is 3.58. The molecule has 3 heteroatoms. The molecule has 0 spiro atoms. The number of nitrogens with zero attached hydrogens (tertiary/aromatic N) is 1. The van der Waals surface area contributed by atoms with Gasteiger partial charge in [-0.1, -0.05) is 5.92 Å². The SMILES string of the molecule is C#CCN(C)Cc1ccc(Br)o1. The highest BCUT2D eigenvalue weighted by Gasteiger charge is 2.02. The van der Waals surface area contributed by atoms with Crippen LogP contribution in [0.2, 0.25) is 0 Å². The average Bonchev–Trinajstić information content (AvgIpc) is 2.36. The minimum atomic E-state index is 0.637. The van der Waals surface area contributed by atoms with E-state index < -0.39 is 0 Å². The standard InChI is InChI=1S/C9H10BrNO/c1-3-6-11(2)7-8-4-5-9(10)12-8/h1,4-5H,6-7H2,2H3. The Labute approximate surface area is 80.7 Å². The molecule has 0 saturated heterocycles. The Morgan fingerprint density at radius 1 is 1.67 bits per heavy atom. The Kier molecular flexibility index (Phi) is 3.39. The predicted octanol–water partition coefficient (Wildman–Crippen LogP) is 2.11. The fourth-order valence-corrected chi connectivity index (χ4v) is 1.25. The molecule has 0 aliphatic carbocycles. The van der Waals surface area contributed by atoms with Gasteiger partial charge in [-0.15, -0.1) is 6.42 Å². The van der Waals surface area contributed by atoms with E-state index in [9.17, 15) is 0 Å². The number of furan rings is 1. The van der Waals surface area contributed by atoms with Gasteiger partial charge in [-0.3, -0.25) is 4.90 Å². The Bertz CT molecular complexity index is 287. The second-order valence-corrected chi connectivity index (χ2v) is 3.36. The van der Waals surface area contributed by atoms with Gasteiger partial charge in [-0.05, 0) is 35.1 Å². The molecule has 12 heavy (non-hydrogen) atoms. The lowest BCUT2D eigenvalue weighted by Gasteiger charge is -2.09. The van der Waals surface area contributed by atoms with Gasteiger partial charge in [0.25, 0.3) is 0 Å². The zero-order valence-corrected chi connectivity index (χ0v) is 8.47. The molecule has 0 aromatic carbocycles. The maximum Gasteiger partial charge on any atom is 0.169 e. The minimum Gasteiger partial charge on any atom is -0.453 e. The van der Waals surface area contributed by atoms with Gasteiger partial charge in [0.05, 0.1) is 13.1 Å². The first-order chi connectivity index (χ1) is 5.72. The third-order valence-corrected chi connectivity index (χ3v) is 1.84. The highest BCUT2D eigenvalue weighted by molar-refractivity contribution is 9.10. The van der Waals surface area contributed by atoms with Crippen molar-refractivity contribution in [3.8, 4) is 12.3 Å². The van der Waals surface area contributed by atoms with E-state index in [0.29, 0.717) is 6.54 Å². The number of halogens is 1. The van der Waals surface area contributed by atoms with Crippen molar-refractivity contribution in [3.05, 3.63) is 22.6 Å². The zero-order valence-electron chi connectivity index (χ0n) is 6.88. The van der Waals surface area contributed by atoms with Gasteiger partial charge in [0.2, 0.25) is 0 Å². The number of terminal acetylenes is 1. The monoisotopic (exact) mass is 227 g/mol. The van der Waals surface area contributed by atoms with E-state index in [2.05, 4.69) is 21.9 Å². The van der Waals surface area contributed by atoms with E-state index in [-0.39, 0.29) is 0 Å². The van der Waals surface area contributed by atoms with Crippen LogP contribution in [0.15, 0.2) is 21.2 Å². The Balaban J connectivity index is 2.47. The molecule has 0 aliphatic rings. The lowest BCUT2D eigenvalue weighted by molar-refractivity contribution is 0.323. The van der Waals surface area contributed by atoms with E-state index in [0.717, 1.165) is 17.0 Å². The zero-order chi connectivity index (χ0) is 8.97. The van der Waals surface area contributed by atoms with Crippen molar-refractivity contribution in [2.45, 2.75) is 6.54 Å². The molecule has 0 saturated carbocycles. The van der Waals surface area contributed by atoms with Crippen LogP contribution in [-0.2, 0) is 6.54 Å². The maximum absolute atomic E-state index is 5.31. The van der Waals surface area contributed by atoms with Crippen LogP contribution in [0.25, 0.3) is 0 Å². The smallest absolute Gasteiger partial charge is 0.169 e. The fraction of sp³-hybridized carbons (Fsp3) is 0.333. The molecule has 0 unspecified atom stereocenters. The summed E-state index contributed by atoms with van der Waals surface area (Å²) in [4.78, 5) is 2.01. The highest BCUT2D eigenvalue weighted by atomic mass is 79.9. The molecule has 0 amide bonds. The molecule has 0 aliphatic heterocycles. The van der Waals surface area contributed by atoms with E-state index in [4.69, 9.17) is 10.8 Å². The van der Waals surface area contributed by atoms with Crippen LogP contribution in [0.3, 0.4) is 0 Å². The van der Waals surface area contributed by atoms with E-state index >= 15 is 0 Å². The number of rotatable bonds is 3. The second kappa shape index (κ2) is 4.34. The Morgan fingerprint density at radius 2 is 2.42 bits per heavy atom. The summed E-state index contributed by atoms with van der Waals surface area (Å²) in [6, 6.07) is 3.80. The molecule has 0 bridgehead atoms. The van der Waals surface area contributed by atoms with Gasteiger partial charge in [-0.2, -0.15) is 0 Å². The topological polar surface area (TPSA) is 16.4 Å². The minimum absolute atomic E-state index is 0.637. The average molecular weight is 228 g/mol. The molecule has 64 valence electrons. The van der Waals surface area contributed by atoms with Gasteiger partial charge in [-0.25, -0.2) is 0 Å². The van der Waals surface area contributed by atoms with Crippen molar-refractivity contribution in [1.29, 1.82) is 0 Å². The van der Waals surface area contributed by atoms with Crippen LogP contribution < -0.4 is 0 Å². The molecule has 0 fully saturated rings. The van der Waals surface area contributed by atoms with Crippen molar-refractivity contribution >= 4 is 15.9 Å². The molecule has 1 aromatic heterocycles. The summed E-state index contributed by atoms with van der Waals surface area (Å²) >= 11 is 3.24. The Morgan fingerprint density at radius 3 is 2.92 bits per heavy atom. The number of hydrogen-bond donors (Lipinski definition) is 0. The second-order valence-electron chi connectivity index (χ2n) is 2.58. The van der Waals surface area contributed by atoms with Gasteiger partial charge in [0.15, 0.2) is 4.67 Å². The molecular weight excluding hydrogens is 218 g/mol. The molecule has 0 atom stereocenters. The summed E-state index contributed by atoms with van der Waals surface area (Å²) in [5.74, 6) is 3.48. The summed E-state index contributed by atoms with van der Waals surface area (Å²) in [7, 11) is 1.95. The summed E-state index contributed by atoms with van der Waals surface area (Å²) in [5.41, 5.74) is 0. The van der Waals surface area contributed by atoms with Gasteiger partial charge < -0.3 is 4.42 Å². The van der Waals surface area contributed by atoms with Crippen LogP contribution in [0.1, 0.15) is 5.76 Å². The summed E-state index contributed by atoms with van der Waals surface area (Å²) < 4.78 is 6.06. The Hall–Kier alpha value is -0.720. The first kappa shape index (κ1) is 9.37. The molecule has 1 aromatic rings. The molecule has 0 radical (unpaired) electrons. The number of hydrogen-bond acceptors (Lipinski definition) is 2. The predicted molar refractivity (Wildman–Crippen MR) is 51.6 cm³/mol. The maximum atomic E-state index is 5.31. The van der Waals surface area contributed by atoms with Gasteiger partial charge in [0, 0.05) is 0 Å². The van der Waals surface area contributed by atoms with Crippen molar-refractivity contribution < 1.29 is 4.42 Å². The van der Waals surface area contributed by atoms with Crippen molar-refractivity contribution in [1.82, 2.24) is 4.90 Å². The molecule has 0 N–H and O–H groups in total. The highest BCUT2D eigenvalue weighted by Crippen LogP contribution is 2.14. The lowest BCUT2D eigenvalue weighted by Crippen LogP contribution is -2.17. The van der Waals surface area contributed by atoms with Crippen LogP contribution in [0, 0.1) is 12.3 Å². The summed E-state index contributed by atoms with van der Waals surface area (Å²) in [5, 5.41) is 0. The van der Waals surface area contributed by atoms with Crippen LogP contribution in [0.5, 0.6) is 0 Å². The van der Waals surface area contributed by atoms with Crippen LogP contribution in [0.4, 0.5) is 0 Å². The molecule has 2 nitrogen and oxygen atoms in total. The van der Waals surface area contributed by atoms with Crippen LogP contribution >= 0.6 is 15.9 Å². The van der Waals surface area contributed by atoms with Crippen molar-refractivity contribution in [2.24, 2.45) is 0 Å². The largest absolute Gasteiger partial charge is 0.453 e. The van der Waals surface area contributed by atoms with Gasteiger partial charge >= 0.3 is 0 Å². The quantitative estimate of drug-likeness (QED) is 0.736. The van der Waals surface area contributed by atoms with E-state index in [1.807, 2.05) is 24.1 Å². The van der Waals surface area contributed by atoms with Crippen LogP contribution in [-0.4, -0.2) is 18.5 Å². The first-order valence-corrected chi connectivity index (χ1v) is 4.38. The third kappa shape index (κ3) is 2.72. The molecular formula is C9H10BrNO. The summed E-state index contributed by atoms with van der Waals surface area (Å²) in [6.07, 6.45) is 5.16. The van der Waals surface area contributed by atoms with Crippen molar-refractivity contribution in [3.63, 3.8) is 0 Å². The van der Waals surface area contributed by atoms with Gasteiger partial charge in [0.1, 0.15) is 5.76 Å². The van der Waals surface area contributed by atoms with Crippen molar-refractivity contribution in [2.75, 3.05) is 13.6 Å². The third-order valence-electron chi connectivity index (χ3n) is 1.42. The normalized spacial score (nSPS) is 10.2. The molecule has 1 rings (SSSR count). The van der Waals surface area contributed by atoms with E-state index in [1.54, 1.807) is 0 Å².